The first-order valence-corrected chi connectivity index (χ1v) is 8.60. The summed E-state index contributed by atoms with van der Waals surface area (Å²) in [5.41, 5.74) is -7.78. The van der Waals surface area contributed by atoms with Gasteiger partial charge in [-0.1, -0.05) is 36.4 Å². The lowest BCUT2D eigenvalue weighted by Crippen LogP contribution is -2.63. The fourth-order valence-corrected chi connectivity index (χ4v) is 1.62. The molecule has 0 saturated carbocycles. The summed E-state index contributed by atoms with van der Waals surface area (Å²) < 4.78 is 84.7. The SMILES string of the molecule is CC(C)(COC(=O)C(C)(C)CI)COC(=O)C(O)(C(F)(F)F)C(F)(F)F. The second-order valence-corrected chi connectivity index (χ2v) is 7.80. The molecular weight excluding hydrogens is 489 g/mol. The molecule has 0 aromatic carbocycles. The van der Waals surface area contributed by atoms with Crippen molar-refractivity contribution in [3.8, 4) is 0 Å². The second-order valence-electron chi connectivity index (χ2n) is 7.04. The van der Waals surface area contributed by atoms with Gasteiger partial charge in [0.2, 0.25) is 0 Å². The van der Waals surface area contributed by atoms with E-state index in [4.69, 9.17) is 9.84 Å². The summed E-state index contributed by atoms with van der Waals surface area (Å²) in [6, 6.07) is 0. The Morgan fingerprint density at radius 2 is 1.19 bits per heavy atom. The number of hydrogen-bond acceptors (Lipinski definition) is 5. The first-order valence-electron chi connectivity index (χ1n) is 7.08. The lowest BCUT2D eigenvalue weighted by molar-refractivity contribution is -0.357. The standard InChI is InChI=1S/C14H19F6IO5/c1-10(2,6-25-8(22)11(3,4)5-21)7-26-9(23)12(24,13(15,16)17)14(18,19)20/h24H,5-7H2,1-4H3. The molecule has 0 amide bonds. The number of alkyl halides is 7. The Kier molecular flexibility index (Phi) is 7.82. The molecule has 0 radical (unpaired) electrons. The molecule has 0 atom stereocenters. The van der Waals surface area contributed by atoms with Crippen LogP contribution in [0.4, 0.5) is 26.3 Å². The van der Waals surface area contributed by atoms with Crippen molar-refractivity contribution < 1.29 is 50.5 Å². The molecule has 0 aromatic heterocycles. The maximum Gasteiger partial charge on any atom is 0.437 e. The average molecular weight is 508 g/mol. The maximum absolute atomic E-state index is 12.6. The smallest absolute Gasteiger partial charge is 0.437 e. The Bertz CT molecular complexity index is 513. The van der Waals surface area contributed by atoms with Gasteiger partial charge in [-0.3, -0.25) is 4.79 Å². The van der Waals surface area contributed by atoms with Crippen LogP contribution in [0.2, 0.25) is 0 Å². The molecule has 26 heavy (non-hydrogen) atoms. The topological polar surface area (TPSA) is 72.8 Å². The minimum Gasteiger partial charge on any atom is -0.465 e. The number of carbonyl (C=O) groups excluding carboxylic acids is 2. The van der Waals surface area contributed by atoms with Gasteiger partial charge in [-0.25, -0.2) is 4.79 Å². The summed E-state index contributed by atoms with van der Waals surface area (Å²) in [6.45, 7) is 4.40. The van der Waals surface area contributed by atoms with Gasteiger partial charge < -0.3 is 14.6 Å². The van der Waals surface area contributed by atoms with Crippen LogP contribution >= 0.6 is 22.6 Å². The molecule has 0 saturated heterocycles. The van der Waals surface area contributed by atoms with E-state index >= 15 is 0 Å². The molecule has 0 aliphatic heterocycles. The summed E-state index contributed by atoms with van der Waals surface area (Å²) in [5.74, 6) is -3.53. The van der Waals surface area contributed by atoms with Gasteiger partial charge in [-0.15, -0.1) is 0 Å². The summed E-state index contributed by atoms with van der Waals surface area (Å²) in [5, 5.41) is 8.90. The Morgan fingerprint density at radius 1 is 0.846 bits per heavy atom. The molecule has 1 N–H and O–H groups in total. The molecule has 0 aliphatic rings. The highest BCUT2D eigenvalue weighted by atomic mass is 127. The van der Waals surface area contributed by atoms with E-state index < -0.39 is 53.9 Å². The number of carbonyl (C=O) groups is 2. The van der Waals surface area contributed by atoms with Crippen molar-refractivity contribution in [2.45, 2.75) is 45.6 Å². The number of aliphatic hydroxyl groups is 1. The van der Waals surface area contributed by atoms with E-state index in [9.17, 15) is 35.9 Å². The molecule has 0 rings (SSSR count). The first-order chi connectivity index (χ1) is 11.3. The highest BCUT2D eigenvalue weighted by molar-refractivity contribution is 14.1. The zero-order valence-electron chi connectivity index (χ0n) is 14.3. The zero-order chi connectivity index (χ0) is 21.2. The summed E-state index contributed by atoms with van der Waals surface area (Å²) in [4.78, 5) is 23.2. The Hall–Kier alpha value is -0.790. The number of esters is 2. The average Bonchev–Trinajstić information content (AvgIpc) is 2.47. The largest absolute Gasteiger partial charge is 0.465 e. The molecule has 0 aromatic rings. The highest BCUT2D eigenvalue weighted by Gasteiger charge is 2.76. The number of rotatable bonds is 7. The van der Waals surface area contributed by atoms with E-state index in [0.717, 1.165) is 0 Å². The molecule has 0 spiro atoms. The minimum absolute atomic E-state index is 0.406. The molecule has 5 nitrogen and oxygen atoms in total. The normalized spacial score (nSPS) is 14.2. The fraction of sp³-hybridized carbons (Fsp3) is 0.857. The summed E-state index contributed by atoms with van der Waals surface area (Å²) in [7, 11) is 0. The van der Waals surface area contributed by atoms with Gasteiger partial charge in [0, 0.05) is 9.84 Å². The van der Waals surface area contributed by atoms with E-state index in [1.807, 2.05) is 22.6 Å². The van der Waals surface area contributed by atoms with Crippen LogP contribution in [-0.2, 0) is 19.1 Å². The van der Waals surface area contributed by atoms with E-state index in [-0.39, 0.29) is 0 Å². The van der Waals surface area contributed by atoms with Crippen molar-refractivity contribution in [1.29, 1.82) is 0 Å². The predicted molar refractivity (Wildman–Crippen MR) is 85.4 cm³/mol. The Morgan fingerprint density at radius 3 is 1.50 bits per heavy atom. The zero-order valence-corrected chi connectivity index (χ0v) is 16.5. The van der Waals surface area contributed by atoms with Crippen LogP contribution in [0.1, 0.15) is 27.7 Å². The van der Waals surface area contributed by atoms with Crippen LogP contribution in [0, 0.1) is 10.8 Å². The van der Waals surface area contributed by atoms with Gasteiger partial charge in [0.15, 0.2) is 0 Å². The van der Waals surface area contributed by atoms with Crippen LogP contribution in [-0.4, -0.2) is 52.6 Å². The quantitative estimate of drug-likeness (QED) is 0.247. The van der Waals surface area contributed by atoms with E-state index in [2.05, 4.69) is 4.74 Å². The second kappa shape index (κ2) is 8.07. The molecule has 0 fully saturated rings. The van der Waals surface area contributed by atoms with Crippen molar-refractivity contribution in [2.75, 3.05) is 17.6 Å². The lowest BCUT2D eigenvalue weighted by Gasteiger charge is -2.32. The van der Waals surface area contributed by atoms with Crippen LogP contribution in [0.5, 0.6) is 0 Å². The van der Waals surface area contributed by atoms with E-state index in [1.54, 1.807) is 13.8 Å². The van der Waals surface area contributed by atoms with Crippen molar-refractivity contribution in [3.05, 3.63) is 0 Å². The van der Waals surface area contributed by atoms with Gasteiger partial charge in [-0.05, 0) is 13.8 Å². The van der Waals surface area contributed by atoms with Crippen molar-refractivity contribution in [3.63, 3.8) is 0 Å². The summed E-state index contributed by atoms with van der Waals surface area (Å²) >= 11 is 1.94. The van der Waals surface area contributed by atoms with Crippen LogP contribution in [0.15, 0.2) is 0 Å². The van der Waals surface area contributed by atoms with E-state index in [1.165, 1.54) is 13.8 Å². The van der Waals surface area contributed by atoms with Gasteiger partial charge >= 0.3 is 29.9 Å². The third-order valence-corrected chi connectivity index (χ3v) is 5.10. The molecule has 0 heterocycles. The maximum atomic E-state index is 12.6. The van der Waals surface area contributed by atoms with E-state index in [0.29, 0.717) is 4.43 Å². The van der Waals surface area contributed by atoms with Crippen LogP contribution in [0.3, 0.4) is 0 Å². The fourth-order valence-electron chi connectivity index (χ4n) is 1.31. The first kappa shape index (κ1) is 25.2. The Labute approximate surface area is 159 Å². The Balaban J connectivity index is 5.05. The van der Waals surface area contributed by atoms with Crippen molar-refractivity contribution in [2.24, 2.45) is 10.8 Å². The molecule has 0 aliphatic carbocycles. The predicted octanol–water partition coefficient (Wildman–Crippen LogP) is 3.42. The van der Waals surface area contributed by atoms with Gasteiger partial charge in [0.05, 0.1) is 18.6 Å². The molecule has 0 unspecified atom stereocenters. The minimum atomic E-state index is -6.32. The monoisotopic (exact) mass is 508 g/mol. The summed E-state index contributed by atoms with van der Waals surface area (Å²) in [6.07, 6.45) is -12.6. The molecule has 154 valence electrons. The lowest BCUT2D eigenvalue weighted by atomic mass is 9.94. The van der Waals surface area contributed by atoms with Crippen molar-refractivity contribution >= 4 is 34.5 Å². The number of halogens is 7. The van der Waals surface area contributed by atoms with Gasteiger partial charge in [0.1, 0.15) is 0 Å². The van der Waals surface area contributed by atoms with Crippen LogP contribution < -0.4 is 0 Å². The molecular formula is C14H19F6IO5. The molecule has 0 bridgehead atoms. The third kappa shape index (κ3) is 5.86. The number of ether oxygens (including phenoxy) is 2. The van der Waals surface area contributed by atoms with Crippen molar-refractivity contribution in [1.82, 2.24) is 0 Å². The van der Waals surface area contributed by atoms with Gasteiger partial charge in [-0.2, -0.15) is 26.3 Å². The highest BCUT2D eigenvalue weighted by Crippen LogP contribution is 2.44. The van der Waals surface area contributed by atoms with Crippen LogP contribution in [0.25, 0.3) is 0 Å². The number of hydrogen-bond donors (Lipinski definition) is 1. The molecule has 12 heteroatoms. The third-order valence-electron chi connectivity index (χ3n) is 3.19. The van der Waals surface area contributed by atoms with Gasteiger partial charge in [0.25, 0.3) is 0 Å².